The molecule has 12 heavy (non-hydrogen) atoms. The molecular formula is C7H12N4O. The summed E-state index contributed by atoms with van der Waals surface area (Å²) in [5, 5.41) is 9.79. The van der Waals surface area contributed by atoms with Gasteiger partial charge in [-0.3, -0.25) is 5.10 Å². The Morgan fingerprint density at radius 1 is 1.67 bits per heavy atom. The monoisotopic (exact) mass is 168 g/mol. The Hall–Kier alpha value is -0.940. The zero-order valence-corrected chi connectivity index (χ0v) is 7.00. The maximum absolute atomic E-state index is 5.40. The van der Waals surface area contributed by atoms with Crippen LogP contribution in [-0.2, 0) is 11.2 Å². The van der Waals surface area contributed by atoms with Gasteiger partial charge in [-0.1, -0.05) is 0 Å². The van der Waals surface area contributed by atoms with E-state index in [1.54, 1.807) is 7.11 Å². The lowest BCUT2D eigenvalue weighted by Crippen LogP contribution is -2.62. The van der Waals surface area contributed by atoms with Crippen molar-refractivity contribution in [2.75, 3.05) is 20.2 Å². The molecule has 1 fully saturated rings. The number of nitrogens with zero attached hydrogens (tertiary/aromatic N) is 2. The SMILES string of the molecule is COC1(Cc2ncn[nH]2)CNC1. The molecule has 1 aliphatic rings. The van der Waals surface area contributed by atoms with E-state index in [0.717, 1.165) is 25.3 Å². The molecule has 1 saturated heterocycles. The van der Waals surface area contributed by atoms with Crippen molar-refractivity contribution in [3.8, 4) is 0 Å². The molecule has 0 aliphatic carbocycles. The highest BCUT2D eigenvalue weighted by Gasteiger charge is 2.37. The van der Waals surface area contributed by atoms with Gasteiger partial charge in [0.25, 0.3) is 0 Å². The molecule has 0 bridgehead atoms. The van der Waals surface area contributed by atoms with Crippen LogP contribution in [0.4, 0.5) is 0 Å². The first-order valence-electron chi connectivity index (χ1n) is 3.95. The molecule has 0 saturated carbocycles. The predicted molar refractivity (Wildman–Crippen MR) is 42.7 cm³/mol. The van der Waals surface area contributed by atoms with Crippen LogP contribution in [0.2, 0.25) is 0 Å². The van der Waals surface area contributed by atoms with Crippen molar-refractivity contribution < 1.29 is 4.74 Å². The molecule has 0 spiro atoms. The van der Waals surface area contributed by atoms with Gasteiger partial charge in [-0.2, -0.15) is 5.10 Å². The lowest BCUT2D eigenvalue weighted by molar-refractivity contribution is -0.0515. The van der Waals surface area contributed by atoms with Crippen LogP contribution in [0.3, 0.4) is 0 Å². The van der Waals surface area contributed by atoms with Gasteiger partial charge < -0.3 is 10.1 Å². The van der Waals surface area contributed by atoms with E-state index >= 15 is 0 Å². The molecule has 2 N–H and O–H groups in total. The summed E-state index contributed by atoms with van der Waals surface area (Å²) < 4.78 is 5.40. The van der Waals surface area contributed by atoms with Gasteiger partial charge in [0, 0.05) is 26.6 Å². The molecule has 0 atom stereocenters. The van der Waals surface area contributed by atoms with Crippen LogP contribution >= 0.6 is 0 Å². The molecule has 66 valence electrons. The Balaban J connectivity index is 2.01. The first kappa shape index (κ1) is 7.70. The number of nitrogens with one attached hydrogen (secondary N) is 2. The normalized spacial score (nSPS) is 20.4. The molecule has 5 heteroatoms. The molecule has 2 rings (SSSR count). The number of ether oxygens (including phenoxy) is 1. The highest BCUT2D eigenvalue weighted by molar-refractivity contribution is 5.01. The van der Waals surface area contributed by atoms with Crippen molar-refractivity contribution in [1.82, 2.24) is 20.5 Å². The predicted octanol–water partition coefficient (Wildman–Crippen LogP) is -0.664. The minimum atomic E-state index is -0.0560. The Labute approximate surface area is 70.5 Å². The Morgan fingerprint density at radius 2 is 2.50 bits per heavy atom. The fourth-order valence-electron chi connectivity index (χ4n) is 1.37. The van der Waals surface area contributed by atoms with Gasteiger partial charge in [0.05, 0.1) is 5.60 Å². The van der Waals surface area contributed by atoms with Crippen molar-refractivity contribution in [2.45, 2.75) is 12.0 Å². The quantitative estimate of drug-likeness (QED) is 0.628. The molecule has 1 aromatic heterocycles. The second kappa shape index (κ2) is 2.84. The van der Waals surface area contributed by atoms with Crippen LogP contribution in [0.15, 0.2) is 6.33 Å². The summed E-state index contributed by atoms with van der Waals surface area (Å²) in [5.74, 6) is 0.887. The Kier molecular flexibility index (Phi) is 1.82. The molecule has 0 unspecified atom stereocenters. The summed E-state index contributed by atoms with van der Waals surface area (Å²) >= 11 is 0. The van der Waals surface area contributed by atoms with E-state index in [-0.39, 0.29) is 5.60 Å². The van der Waals surface area contributed by atoms with Crippen molar-refractivity contribution >= 4 is 0 Å². The summed E-state index contributed by atoms with van der Waals surface area (Å²) in [5.41, 5.74) is -0.0560. The van der Waals surface area contributed by atoms with Gasteiger partial charge in [-0.15, -0.1) is 0 Å². The van der Waals surface area contributed by atoms with Crippen LogP contribution in [0.1, 0.15) is 5.82 Å². The van der Waals surface area contributed by atoms with Gasteiger partial charge in [-0.25, -0.2) is 4.98 Å². The van der Waals surface area contributed by atoms with Gasteiger partial charge >= 0.3 is 0 Å². The number of rotatable bonds is 3. The van der Waals surface area contributed by atoms with Crippen LogP contribution in [0.25, 0.3) is 0 Å². The van der Waals surface area contributed by atoms with Crippen LogP contribution < -0.4 is 5.32 Å². The summed E-state index contributed by atoms with van der Waals surface area (Å²) in [6.07, 6.45) is 2.32. The lowest BCUT2D eigenvalue weighted by atomic mass is 9.92. The number of methoxy groups -OCH3 is 1. The summed E-state index contributed by atoms with van der Waals surface area (Å²) in [4.78, 5) is 4.06. The number of aromatic amines is 1. The highest BCUT2D eigenvalue weighted by atomic mass is 16.5. The molecule has 0 radical (unpaired) electrons. The largest absolute Gasteiger partial charge is 0.375 e. The minimum absolute atomic E-state index is 0.0560. The maximum atomic E-state index is 5.40. The summed E-state index contributed by atoms with van der Waals surface area (Å²) in [6.45, 7) is 1.79. The van der Waals surface area contributed by atoms with Gasteiger partial charge in [0.2, 0.25) is 0 Å². The van der Waals surface area contributed by atoms with E-state index in [1.165, 1.54) is 6.33 Å². The van der Waals surface area contributed by atoms with Crippen molar-refractivity contribution in [3.63, 3.8) is 0 Å². The number of H-pyrrole nitrogens is 1. The average Bonchev–Trinajstić information content (AvgIpc) is 2.49. The topological polar surface area (TPSA) is 62.8 Å². The van der Waals surface area contributed by atoms with Crippen molar-refractivity contribution in [3.05, 3.63) is 12.2 Å². The summed E-state index contributed by atoms with van der Waals surface area (Å²) in [6, 6.07) is 0. The van der Waals surface area contributed by atoms with Crippen LogP contribution in [0, 0.1) is 0 Å². The van der Waals surface area contributed by atoms with E-state index in [2.05, 4.69) is 20.5 Å². The molecule has 0 amide bonds. The summed E-state index contributed by atoms with van der Waals surface area (Å²) in [7, 11) is 1.73. The second-order valence-corrected chi connectivity index (χ2v) is 3.10. The number of aromatic nitrogens is 3. The van der Waals surface area contributed by atoms with E-state index < -0.39 is 0 Å². The fraction of sp³-hybridized carbons (Fsp3) is 0.714. The highest BCUT2D eigenvalue weighted by Crippen LogP contribution is 2.19. The molecule has 1 aliphatic heterocycles. The molecule has 2 heterocycles. The zero-order valence-electron chi connectivity index (χ0n) is 7.00. The Bertz CT molecular complexity index is 236. The standard InChI is InChI=1S/C7H12N4O/c1-12-7(3-8-4-7)2-6-9-5-10-11-6/h5,8H,2-4H2,1H3,(H,9,10,11). The first-order valence-corrected chi connectivity index (χ1v) is 3.95. The Morgan fingerprint density at radius 3 is 2.92 bits per heavy atom. The van der Waals surface area contributed by atoms with Crippen molar-refractivity contribution in [2.24, 2.45) is 0 Å². The molecule has 1 aromatic rings. The second-order valence-electron chi connectivity index (χ2n) is 3.10. The molecular weight excluding hydrogens is 156 g/mol. The zero-order chi connectivity index (χ0) is 8.44. The minimum Gasteiger partial charge on any atom is -0.375 e. The average molecular weight is 168 g/mol. The third kappa shape index (κ3) is 1.21. The number of hydrogen-bond donors (Lipinski definition) is 2. The van der Waals surface area contributed by atoms with E-state index in [4.69, 9.17) is 4.74 Å². The van der Waals surface area contributed by atoms with Crippen molar-refractivity contribution in [1.29, 1.82) is 0 Å². The smallest absolute Gasteiger partial charge is 0.137 e. The van der Waals surface area contributed by atoms with Gasteiger partial charge in [0.1, 0.15) is 12.2 Å². The first-order chi connectivity index (χ1) is 5.85. The number of hydrogen-bond acceptors (Lipinski definition) is 4. The molecule has 0 aromatic carbocycles. The third-order valence-corrected chi connectivity index (χ3v) is 2.28. The van der Waals surface area contributed by atoms with Crippen LogP contribution in [-0.4, -0.2) is 41.0 Å². The van der Waals surface area contributed by atoms with E-state index in [0.29, 0.717) is 0 Å². The maximum Gasteiger partial charge on any atom is 0.137 e. The van der Waals surface area contributed by atoms with Gasteiger partial charge in [-0.05, 0) is 0 Å². The molecule has 5 nitrogen and oxygen atoms in total. The third-order valence-electron chi connectivity index (χ3n) is 2.28. The van der Waals surface area contributed by atoms with Gasteiger partial charge in [0.15, 0.2) is 0 Å². The van der Waals surface area contributed by atoms with E-state index in [1.807, 2.05) is 0 Å². The lowest BCUT2D eigenvalue weighted by Gasteiger charge is -2.40. The van der Waals surface area contributed by atoms with Crippen LogP contribution in [0.5, 0.6) is 0 Å². The van der Waals surface area contributed by atoms with E-state index in [9.17, 15) is 0 Å². The fourth-order valence-corrected chi connectivity index (χ4v) is 1.37.